The quantitative estimate of drug-likeness (QED) is 0.791. The molecule has 1 aromatic rings. The van der Waals surface area contributed by atoms with Gasteiger partial charge in [0.05, 0.1) is 12.2 Å². The third-order valence-corrected chi connectivity index (χ3v) is 2.51. The molecule has 3 nitrogen and oxygen atoms in total. The Balaban J connectivity index is 2.90. The molecule has 0 bridgehead atoms. The number of hydrogen-bond acceptors (Lipinski definition) is 2. The summed E-state index contributed by atoms with van der Waals surface area (Å²) < 4.78 is 2.17. The van der Waals surface area contributed by atoms with Gasteiger partial charge in [-0.15, -0.1) is 0 Å². The van der Waals surface area contributed by atoms with E-state index in [-0.39, 0.29) is 0 Å². The molecule has 0 unspecified atom stereocenters. The summed E-state index contributed by atoms with van der Waals surface area (Å²) in [4.78, 5) is 4.64. The lowest BCUT2D eigenvalue weighted by Gasteiger charge is -2.03. The van der Waals surface area contributed by atoms with Gasteiger partial charge in [-0.1, -0.05) is 13.8 Å². The molecule has 1 aromatic heterocycles. The Morgan fingerprint density at radius 3 is 2.57 bits per heavy atom. The number of rotatable bonds is 4. The maximum atomic E-state index is 4.64. The van der Waals surface area contributed by atoms with Crippen LogP contribution in [0.3, 0.4) is 0 Å². The predicted octanol–water partition coefficient (Wildman–Crippen LogP) is 1.65. The zero-order valence-electron chi connectivity index (χ0n) is 9.89. The van der Waals surface area contributed by atoms with Crippen LogP contribution in [0, 0.1) is 12.8 Å². The molecule has 1 rings (SSSR count). The van der Waals surface area contributed by atoms with Gasteiger partial charge in [-0.05, 0) is 26.3 Å². The second-order valence-corrected chi connectivity index (χ2v) is 4.25. The molecule has 0 radical (unpaired) electrons. The third kappa shape index (κ3) is 2.35. The first-order chi connectivity index (χ1) is 6.56. The van der Waals surface area contributed by atoms with Crippen molar-refractivity contribution in [2.24, 2.45) is 13.0 Å². The zero-order chi connectivity index (χ0) is 10.7. The van der Waals surface area contributed by atoms with E-state index in [0.29, 0.717) is 5.92 Å². The summed E-state index contributed by atoms with van der Waals surface area (Å²) in [6.45, 7) is 7.44. The molecule has 0 aliphatic rings. The Kier molecular flexibility index (Phi) is 3.69. The van der Waals surface area contributed by atoms with Crippen LogP contribution < -0.4 is 5.32 Å². The van der Waals surface area contributed by atoms with Crippen LogP contribution in [-0.4, -0.2) is 16.6 Å². The van der Waals surface area contributed by atoms with Crippen molar-refractivity contribution in [2.45, 2.75) is 33.7 Å². The molecule has 80 valence electrons. The molecular formula is C11H21N3. The molecule has 0 aliphatic heterocycles. The van der Waals surface area contributed by atoms with Crippen molar-refractivity contribution in [1.29, 1.82) is 0 Å². The Bertz CT molecular complexity index is 300. The van der Waals surface area contributed by atoms with Crippen molar-refractivity contribution in [1.82, 2.24) is 14.9 Å². The maximum absolute atomic E-state index is 4.64. The summed E-state index contributed by atoms with van der Waals surface area (Å²) in [5.41, 5.74) is 2.54. The highest BCUT2D eigenvalue weighted by Gasteiger charge is 2.11. The topological polar surface area (TPSA) is 29.9 Å². The van der Waals surface area contributed by atoms with Crippen molar-refractivity contribution in [3.63, 3.8) is 0 Å². The number of hydrogen-bond donors (Lipinski definition) is 1. The van der Waals surface area contributed by atoms with E-state index in [4.69, 9.17) is 0 Å². The highest BCUT2D eigenvalue weighted by molar-refractivity contribution is 5.16. The Hall–Kier alpha value is -0.830. The van der Waals surface area contributed by atoms with Crippen molar-refractivity contribution in [2.75, 3.05) is 7.05 Å². The van der Waals surface area contributed by atoms with Crippen molar-refractivity contribution in [3.8, 4) is 0 Å². The molecule has 3 heteroatoms. The van der Waals surface area contributed by atoms with E-state index in [0.717, 1.165) is 18.8 Å². The lowest BCUT2D eigenvalue weighted by atomic mass is 10.1. The summed E-state index contributed by atoms with van der Waals surface area (Å²) in [6.07, 6.45) is 1.07. The third-order valence-electron chi connectivity index (χ3n) is 2.51. The maximum Gasteiger partial charge on any atom is 0.122 e. The molecule has 0 spiro atoms. The van der Waals surface area contributed by atoms with Gasteiger partial charge < -0.3 is 9.88 Å². The monoisotopic (exact) mass is 195 g/mol. The SMILES string of the molecule is CNCc1nc(CC(C)C)c(C)n1C. The van der Waals surface area contributed by atoms with E-state index >= 15 is 0 Å². The van der Waals surface area contributed by atoms with Crippen molar-refractivity contribution in [3.05, 3.63) is 17.2 Å². The highest BCUT2D eigenvalue weighted by Crippen LogP contribution is 2.13. The minimum atomic E-state index is 0.672. The van der Waals surface area contributed by atoms with Crippen LogP contribution in [-0.2, 0) is 20.0 Å². The van der Waals surface area contributed by atoms with Gasteiger partial charge in [-0.2, -0.15) is 0 Å². The number of nitrogens with zero attached hydrogens (tertiary/aromatic N) is 2. The summed E-state index contributed by atoms with van der Waals surface area (Å²) in [5.74, 6) is 1.80. The fourth-order valence-corrected chi connectivity index (χ4v) is 1.60. The van der Waals surface area contributed by atoms with E-state index < -0.39 is 0 Å². The Morgan fingerprint density at radius 2 is 2.07 bits per heavy atom. The van der Waals surface area contributed by atoms with E-state index in [1.54, 1.807) is 0 Å². The van der Waals surface area contributed by atoms with Crippen LogP contribution in [0.15, 0.2) is 0 Å². The Labute approximate surface area is 86.5 Å². The first kappa shape index (κ1) is 11.2. The second kappa shape index (κ2) is 4.60. The van der Waals surface area contributed by atoms with Gasteiger partial charge in [-0.3, -0.25) is 0 Å². The fourth-order valence-electron chi connectivity index (χ4n) is 1.60. The summed E-state index contributed by atoms with van der Waals surface area (Å²) in [7, 11) is 4.03. The lowest BCUT2D eigenvalue weighted by molar-refractivity contribution is 0.633. The number of nitrogens with one attached hydrogen (secondary N) is 1. The standard InChI is InChI=1S/C11H21N3/c1-8(2)6-10-9(3)14(5)11(13-10)7-12-4/h8,12H,6-7H2,1-5H3. The largest absolute Gasteiger partial charge is 0.334 e. The van der Waals surface area contributed by atoms with Crippen molar-refractivity contribution >= 4 is 0 Å². The molecular weight excluding hydrogens is 174 g/mol. The van der Waals surface area contributed by atoms with E-state index in [9.17, 15) is 0 Å². The molecule has 0 fully saturated rings. The average molecular weight is 195 g/mol. The number of aromatic nitrogens is 2. The lowest BCUT2D eigenvalue weighted by Crippen LogP contribution is -2.10. The highest BCUT2D eigenvalue weighted by atomic mass is 15.1. The molecule has 0 aliphatic carbocycles. The normalized spacial score (nSPS) is 11.3. The molecule has 0 aromatic carbocycles. The molecule has 0 atom stereocenters. The Morgan fingerprint density at radius 1 is 1.43 bits per heavy atom. The predicted molar refractivity (Wildman–Crippen MR) is 59.3 cm³/mol. The summed E-state index contributed by atoms with van der Waals surface area (Å²) >= 11 is 0. The van der Waals surface area contributed by atoms with Gasteiger partial charge in [0.25, 0.3) is 0 Å². The van der Waals surface area contributed by atoms with Crippen molar-refractivity contribution < 1.29 is 0 Å². The minimum Gasteiger partial charge on any atom is -0.334 e. The fraction of sp³-hybridized carbons (Fsp3) is 0.727. The minimum absolute atomic E-state index is 0.672. The van der Waals surface area contributed by atoms with Crippen LogP contribution in [0.5, 0.6) is 0 Å². The van der Waals surface area contributed by atoms with Gasteiger partial charge in [0.2, 0.25) is 0 Å². The van der Waals surface area contributed by atoms with Crippen LogP contribution in [0.4, 0.5) is 0 Å². The van der Waals surface area contributed by atoms with E-state index in [2.05, 4.69) is 42.7 Å². The number of imidazole rings is 1. The smallest absolute Gasteiger partial charge is 0.122 e. The van der Waals surface area contributed by atoms with Gasteiger partial charge >= 0.3 is 0 Å². The van der Waals surface area contributed by atoms with Crippen LogP contribution >= 0.6 is 0 Å². The molecule has 0 saturated carbocycles. The average Bonchev–Trinajstić information content (AvgIpc) is 2.34. The van der Waals surface area contributed by atoms with Gasteiger partial charge in [0.15, 0.2) is 0 Å². The zero-order valence-corrected chi connectivity index (χ0v) is 9.89. The second-order valence-electron chi connectivity index (χ2n) is 4.25. The van der Waals surface area contributed by atoms with Crippen LogP contribution in [0.1, 0.15) is 31.1 Å². The van der Waals surface area contributed by atoms with Gasteiger partial charge in [0, 0.05) is 12.7 Å². The molecule has 1 N–H and O–H groups in total. The van der Waals surface area contributed by atoms with E-state index in [1.165, 1.54) is 11.4 Å². The van der Waals surface area contributed by atoms with E-state index in [1.807, 2.05) is 7.05 Å². The molecule has 0 amide bonds. The summed E-state index contributed by atoms with van der Waals surface area (Å²) in [6, 6.07) is 0. The van der Waals surface area contributed by atoms with Gasteiger partial charge in [0.1, 0.15) is 5.82 Å². The molecule has 14 heavy (non-hydrogen) atoms. The molecule has 1 heterocycles. The summed E-state index contributed by atoms with van der Waals surface area (Å²) in [5, 5.41) is 3.14. The van der Waals surface area contributed by atoms with Gasteiger partial charge in [-0.25, -0.2) is 4.98 Å². The first-order valence-electron chi connectivity index (χ1n) is 5.22. The molecule has 0 saturated heterocycles. The first-order valence-corrected chi connectivity index (χ1v) is 5.22. The van der Waals surface area contributed by atoms with Crippen LogP contribution in [0.2, 0.25) is 0 Å². The van der Waals surface area contributed by atoms with Crippen LogP contribution in [0.25, 0.3) is 0 Å².